The van der Waals surface area contributed by atoms with E-state index in [1.807, 2.05) is 6.92 Å². The molecule has 0 aromatic carbocycles. The normalized spacial score (nSPS) is 18.6. The van der Waals surface area contributed by atoms with Crippen molar-refractivity contribution in [1.82, 2.24) is 20.1 Å². The van der Waals surface area contributed by atoms with Crippen LogP contribution in [0.25, 0.3) is 0 Å². The third kappa shape index (κ3) is 2.91. The van der Waals surface area contributed by atoms with Crippen LogP contribution in [-0.2, 0) is 16.0 Å². The van der Waals surface area contributed by atoms with Crippen LogP contribution < -0.4 is 0 Å². The molecule has 1 unspecified atom stereocenters. The molecule has 7 nitrogen and oxygen atoms in total. The van der Waals surface area contributed by atoms with Gasteiger partial charge in [-0.2, -0.15) is 0 Å². The van der Waals surface area contributed by atoms with E-state index in [1.165, 1.54) is 7.11 Å². The molecule has 1 aliphatic heterocycles. The van der Waals surface area contributed by atoms with Crippen LogP contribution in [0, 0.1) is 5.92 Å². The van der Waals surface area contributed by atoms with Crippen molar-refractivity contribution in [3.8, 4) is 0 Å². The highest BCUT2D eigenvalue weighted by Crippen LogP contribution is 2.18. The van der Waals surface area contributed by atoms with Crippen LogP contribution in [0.2, 0.25) is 0 Å². The van der Waals surface area contributed by atoms with Crippen LogP contribution in [0.4, 0.5) is 0 Å². The molecule has 2 heterocycles. The number of methoxy groups -OCH3 is 1. The van der Waals surface area contributed by atoms with Gasteiger partial charge in [-0.15, -0.1) is 5.10 Å². The van der Waals surface area contributed by atoms with Gasteiger partial charge in [0.1, 0.15) is 5.82 Å². The smallest absolute Gasteiger partial charge is 0.310 e. The quantitative estimate of drug-likeness (QED) is 0.796. The van der Waals surface area contributed by atoms with Crippen LogP contribution in [-0.4, -0.2) is 52.2 Å². The van der Waals surface area contributed by atoms with Crippen LogP contribution in [0.3, 0.4) is 0 Å². The molecule has 1 atom stereocenters. The number of H-pyrrole nitrogens is 1. The summed E-state index contributed by atoms with van der Waals surface area (Å²) < 4.78 is 4.69. The molecule has 0 aliphatic carbocycles. The van der Waals surface area contributed by atoms with Crippen molar-refractivity contribution >= 4 is 11.9 Å². The summed E-state index contributed by atoms with van der Waals surface area (Å²) in [7, 11) is 1.36. The van der Waals surface area contributed by atoms with Gasteiger partial charge in [0.2, 0.25) is 5.82 Å². The summed E-state index contributed by atoms with van der Waals surface area (Å²) in [5.74, 6) is 0.161. The van der Waals surface area contributed by atoms with Crippen LogP contribution in [0.5, 0.6) is 0 Å². The van der Waals surface area contributed by atoms with Crippen LogP contribution in [0.15, 0.2) is 0 Å². The van der Waals surface area contributed by atoms with Gasteiger partial charge in [-0.05, 0) is 12.8 Å². The summed E-state index contributed by atoms with van der Waals surface area (Å²) in [6.45, 7) is 2.95. The van der Waals surface area contributed by atoms with Gasteiger partial charge in [-0.1, -0.05) is 6.92 Å². The highest BCUT2D eigenvalue weighted by Gasteiger charge is 2.33. The predicted molar refractivity (Wildman–Crippen MR) is 66.4 cm³/mol. The van der Waals surface area contributed by atoms with E-state index in [-0.39, 0.29) is 23.6 Å². The fourth-order valence-corrected chi connectivity index (χ4v) is 2.18. The second-order valence-electron chi connectivity index (χ2n) is 4.62. The highest BCUT2D eigenvalue weighted by atomic mass is 16.5. The molecule has 0 radical (unpaired) electrons. The topological polar surface area (TPSA) is 88.2 Å². The summed E-state index contributed by atoms with van der Waals surface area (Å²) in [4.78, 5) is 29.3. The maximum Gasteiger partial charge on any atom is 0.310 e. The third-order valence-electron chi connectivity index (χ3n) is 3.22. The van der Waals surface area contributed by atoms with Gasteiger partial charge in [-0.3, -0.25) is 14.7 Å². The van der Waals surface area contributed by atoms with E-state index in [9.17, 15) is 9.59 Å². The Hall–Kier alpha value is -1.92. The lowest BCUT2D eigenvalue weighted by atomic mass is 10.1. The second kappa shape index (κ2) is 5.81. The molecule has 1 aliphatic rings. The molecular formula is C12H18N4O3. The number of aryl methyl sites for hydroxylation is 1. The van der Waals surface area contributed by atoms with Crippen molar-refractivity contribution in [2.24, 2.45) is 5.92 Å². The number of likely N-dealkylation sites (tertiary alicyclic amines) is 1. The molecule has 1 fully saturated rings. The molecule has 1 aromatic rings. The number of aromatic amines is 1. The average molecular weight is 266 g/mol. The number of rotatable bonds is 4. The Labute approximate surface area is 111 Å². The molecule has 2 rings (SSSR count). The first-order valence-electron chi connectivity index (χ1n) is 6.44. The molecule has 104 valence electrons. The zero-order valence-corrected chi connectivity index (χ0v) is 11.2. The summed E-state index contributed by atoms with van der Waals surface area (Å²) in [6.07, 6.45) is 2.34. The van der Waals surface area contributed by atoms with Gasteiger partial charge in [0.25, 0.3) is 5.91 Å². The number of amides is 1. The van der Waals surface area contributed by atoms with E-state index >= 15 is 0 Å². The summed E-state index contributed by atoms with van der Waals surface area (Å²) >= 11 is 0. The van der Waals surface area contributed by atoms with Crippen molar-refractivity contribution in [3.05, 3.63) is 11.6 Å². The second-order valence-corrected chi connectivity index (χ2v) is 4.62. The lowest BCUT2D eigenvalue weighted by Gasteiger charge is -2.13. The standard InChI is InChI=1S/C12H18N4O3/c1-3-4-9-13-10(15-14-9)11(17)16-6-5-8(7-16)12(18)19-2/h8H,3-7H2,1-2H3,(H,13,14,15). The average Bonchev–Trinajstić information content (AvgIpc) is 3.06. The monoisotopic (exact) mass is 266 g/mol. The fourth-order valence-electron chi connectivity index (χ4n) is 2.18. The van der Waals surface area contributed by atoms with Gasteiger partial charge >= 0.3 is 5.97 Å². The Balaban J connectivity index is 1.98. The van der Waals surface area contributed by atoms with Crippen molar-refractivity contribution in [2.45, 2.75) is 26.2 Å². The zero-order valence-electron chi connectivity index (χ0n) is 11.2. The molecule has 1 amide bonds. The summed E-state index contributed by atoms with van der Waals surface area (Å²) in [5, 5.41) is 6.68. The molecular weight excluding hydrogens is 248 g/mol. The molecule has 1 aromatic heterocycles. The number of nitrogens with zero attached hydrogens (tertiary/aromatic N) is 3. The molecule has 1 saturated heterocycles. The van der Waals surface area contributed by atoms with E-state index in [2.05, 4.69) is 19.9 Å². The first-order valence-corrected chi connectivity index (χ1v) is 6.44. The summed E-state index contributed by atoms with van der Waals surface area (Å²) in [5.41, 5.74) is 0. The van der Waals surface area contributed by atoms with Gasteiger partial charge < -0.3 is 9.64 Å². The van der Waals surface area contributed by atoms with Gasteiger partial charge in [-0.25, -0.2) is 4.98 Å². The van der Waals surface area contributed by atoms with E-state index < -0.39 is 0 Å². The molecule has 19 heavy (non-hydrogen) atoms. The maximum atomic E-state index is 12.1. The number of hydrogen-bond donors (Lipinski definition) is 1. The van der Waals surface area contributed by atoms with Gasteiger partial charge in [0.15, 0.2) is 0 Å². The number of carbonyl (C=O) groups is 2. The van der Waals surface area contributed by atoms with Crippen molar-refractivity contribution < 1.29 is 14.3 Å². The number of hydrogen-bond acceptors (Lipinski definition) is 5. The van der Waals surface area contributed by atoms with E-state index in [0.29, 0.717) is 19.5 Å². The largest absolute Gasteiger partial charge is 0.469 e. The van der Waals surface area contributed by atoms with Crippen LogP contribution >= 0.6 is 0 Å². The Morgan fingerprint density at radius 3 is 3.00 bits per heavy atom. The first-order chi connectivity index (χ1) is 9.15. The van der Waals surface area contributed by atoms with Gasteiger partial charge in [0, 0.05) is 19.5 Å². The minimum absolute atomic E-state index is 0.175. The van der Waals surface area contributed by atoms with E-state index in [0.717, 1.165) is 18.7 Å². The first kappa shape index (κ1) is 13.5. The van der Waals surface area contributed by atoms with Gasteiger partial charge in [0.05, 0.1) is 13.0 Å². The maximum absolute atomic E-state index is 12.1. The summed E-state index contributed by atoms with van der Waals surface area (Å²) in [6, 6.07) is 0. The minimum Gasteiger partial charge on any atom is -0.469 e. The SMILES string of the molecule is CCCc1nc(C(=O)N2CCC(C(=O)OC)C2)n[nH]1. The Morgan fingerprint density at radius 1 is 1.53 bits per heavy atom. The number of ether oxygens (including phenoxy) is 1. The molecule has 0 bridgehead atoms. The Kier molecular flexibility index (Phi) is 4.13. The van der Waals surface area contributed by atoms with E-state index in [4.69, 9.17) is 0 Å². The molecule has 0 spiro atoms. The lowest BCUT2D eigenvalue weighted by Crippen LogP contribution is -2.31. The third-order valence-corrected chi connectivity index (χ3v) is 3.22. The van der Waals surface area contributed by atoms with Crippen molar-refractivity contribution in [2.75, 3.05) is 20.2 Å². The number of aromatic nitrogens is 3. The Morgan fingerprint density at radius 2 is 2.32 bits per heavy atom. The zero-order chi connectivity index (χ0) is 13.8. The fraction of sp³-hybridized carbons (Fsp3) is 0.667. The van der Waals surface area contributed by atoms with E-state index in [1.54, 1.807) is 4.90 Å². The van der Waals surface area contributed by atoms with Crippen molar-refractivity contribution in [1.29, 1.82) is 0 Å². The molecule has 1 N–H and O–H groups in total. The predicted octanol–water partition coefficient (Wildman–Crippen LogP) is 0.392. The molecule has 0 saturated carbocycles. The van der Waals surface area contributed by atoms with Crippen molar-refractivity contribution in [3.63, 3.8) is 0 Å². The number of carbonyl (C=O) groups excluding carboxylic acids is 2. The minimum atomic E-state index is -0.267. The Bertz CT molecular complexity index is 471. The molecule has 7 heteroatoms. The number of esters is 1. The number of nitrogens with one attached hydrogen (secondary N) is 1. The highest BCUT2D eigenvalue weighted by molar-refractivity contribution is 5.91. The lowest BCUT2D eigenvalue weighted by molar-refractivity contribution is -0.144. The van der Waals surface area contributed by atoms with Crippen LogP contribution in [0.1, 0.15) is 36.2 Å².